The quantitative estimate of drug-likeness (QED) is 0.329. The lowest BCUT2D eigenvalue weighted by molar-refractivity contribution is -0.148. The molecule has 2 aromatic carbocycles. The molecule has 3 aromatic rings. The summed E-state index contributed by atoms with van der Waals surface area (Å²) in [5, 5.41) is 3.80. The van der Waals surface area contributed by atoms with E-state index in [1.165, 1.54) is 7.11 Å². The molecule has 9 nitrogen and oxygen atoms in total. The minimum atomic E-state index is -1.18. The Balaban J connectivity index is 1.32. The van der Waals surface area contributed by atoms with Gasteiger partial charge in [-0.3, -0.25) is 14.4 Å². The number of allylic oxidation sites excluding steroid dienone is 1. The van der Waals surface area contributed by atoms with Crippen molar-refractivity contribution in [1.82, 2.24) is 15.2 Å². The van der Waals surface area contributed by atoms with Crippen LogP contribution in [-0.4, -0.2) is 64.8 Å². The molecule has 6 rings (SSSR count). The van der Waals surface area contributed by atoms with Gasteiger partial charge in [-0.05, 0) is 43.9 Å². The predicted octanol–water partition coefficient (Wildman–Crippen LogP) is 4.94. The van der Waals surface area contributed by atoms with Gasteiger partial charge in [-0.2, -0.15) is 0 Å². The molecule has 3 aliphatic rings. The zero-order valence-electron chi connectivity index (χ0n) is 26.0. The maximum Gasteiger partial charge on any atom is 0.332 e. The number of ketones is 1. The van der Waals surface area contributed by atoms with E-state index < -0.39 is 35.5 Å². The van der Waals surface area contributed by atoms with Crippen molar-refractivity contribution >= 4 is 34.5 Å². The molecule has 9 heteroatoms. The number of ether oxygens (including phenoxy) is 2. The van der Waals surface area contributed by atoms with Gasteiger partial charge in [-0.15, -0.1) is 0 Å². The van der Waals surface area contributed by atoms with Crippen LogP contribution < -0.4 is 10.1 Å². The van der Waals surface area contributed by atoms with Gasteiger partial charge in [0.15, 0.2) is 0 Å². The monoisotopic (exact) mass is 609 g/mol. The average molecular weight is 610 g/mol. The van der Waals surface area contributed by atoms with E-state index in [9.17, 15) is 19.2 Å². The van der Waals surface area contributed by atoms with Crippen LogP contribution in [0.3, 0.4) is 0 Å². The van der Waals surface area contributed by atoms with Crippen LogP contribution >= 0.6 is 0 Å². The molecule has 1 unspecified atom stereocenters. The van der Waals surface area contributed by atoms with Crippen LogP contribution in [-0.2, 0) is 23.9 Å². The first-order chi connectivity index (χ1) is 21.7. The van der Waals surface area contributed by atoms with Crippen LogP contribution in [0.1, 0.15) is 51.0 Å². The summed E-state index contributed by atoms with van der Waals surface area (Å²) >= 11 is 0. The highest BCUT2D eigenvalue weighted by Crippen LogP contribution is 2.46. The topological polar surface area (TPSA) is 115 Å². The Bertz CT molecular complexity index is 1670. The van der Waals surface area contributed by atoms with Gasteiger partial charge in [0.05, 0.1) is 24.9 Å². The summed E-state index contributed by atoms with van der Waals surface area (Å²) in [6.07, 6.45) is 5.56. The molecular formula is C36H39N3O6. The number of esters is 1. The highest BCUT2D eigenvalue weighted by Gasteiger charge is 2.62. The molecule has 0 bridgehead atoms. The van der Waals surface area contributed by atoms with Crippen LogP contribution in [0.5, 0.6) is 5.75 Å². The summed E-state index contributed by atoms with van der Waals surface area (Å²) in [6.45, 7) is 4.01. The fraction of sp³-hybridized carbons (Fsp3) is 0.417. The number of aromatic nitrogens is 1. The molecule has 1 aliphatic carbocycles. The van der Waals surface area contributed by atoms with Gasteiger partial charge in [-0.25, -0.2) is 9.78 Å². The van der Waals surface area contributed by atoms with Gasteiger partial charge in [0.2, 0.25) is 11.8 Å². The van der Waals surface area contributed by atoms with Gasteiger partial charge in [-0.1, -0.05) is 55.5 Å². The maximum absolute atomic E-state index is 13.9. The van der Waals surface area contributed by atoms with Crippen molar-refractivity contribution in [3.63, 3.8) is 0 Å². The molecular weight excluding hydrogens is 570 g/mol. The zero-order chi connectivity index (χ0) is 31.7. The molecule has 5 atom stereocenters. The molecule has 2 fully saturated rings. The number of hydrogen-bond acceptors (Lipinski definition) is 7. The highest BCUT2D eigenvalue weighted by atomic mass is 16.5. The van der Waals surface area contributed by atoms with E-state index in [0.717, 1.165) is 27.7 Å². The minimum Gasteiger partial charge on any atom is -0.488 e. The van der Waals surface area contributed by atoms with E-state index in [1.807, 2.05) is 73.7 Å². The number of benzene rings is 2. The molecule has 1 saturated carbocycles. The standard InChI is InChI=1S/C36H39N3O6/c1-22-13-16-28-30(17-22)37-29(24-9-5-4-6-10-24)19-32(28)45-27-18-31-33(41)38-36(35(43)44-3)20-25(36)11-7-8-12-26(40)15-14-23(2)34(42)39(31)21-27/h4-7,9-11,13,16-17,19,23,25,27,31H,8,12,14-15,18,20-21H2,1-3H3,(H,38,41)/b11-7-/t23-,25-,27?,31-,36+/m0/s1. The van der Waals surface area contributed by atoms with Gasteiger partial charge >= 0.3 is 5.97 Å². The van der Waals surface area contributed by atoms with E-state index >= 15 is 0 Å². The number of methoxy groups -OCH3 is 1. The van der Waals surface area contributed by atoms with Crippen molar-refractivity contribution in [1.29, 1.82) is 0 Å². The van der Waals surface area contributed by atoms with Crippen molar-refractivity contribution in [2.75, 3.05) is 13.7 Å². The first kappa shape index (κ1) is 30.5. The second kappa shape index (κ2) is 12.5. The van der Waals surface area contributed by atoms with Crippen LogP contribution in [0.25, 0.3) is 22.2 Å². The molecule has 3 heterocycles. The van der Waals surface area contributed by atoms with Crippen molar-refractivity contribution < 1.29 is 28.7 Å². The third-order valence-electron chi connectivity index (χ3n) is 9.29. The number of nitrogens with zero attached hydrogens (tertiary/aromatic N) is 2. The van der Waals surface area contributed by atoms with Gasteiger partial charge < -0.3 is 19.7 Å². The zero-order valence-corrected chi connectivity index (χ0v) is 26.0. The molecule has 0 radical (unpaired) electrons. The van der Waals surface area contributed by atoms with Crippen molar-refractivity contribution in [2.24, 2.45) is 11.8 Å². The highest BCUT2D eigenvalue weighted by molar-refractivity contribution is 5.96. The SMILES string of the molecule is COC(=O)[C@@]12C[C@@H]1/C=C\CCC(=O)CC[C@H](C)C(=O)N1CC(Oc3cc(-c4ccccc4)nc4cc(C)ccc34)C[C@H]1C(=O)N2. The Kier molecular flexibility index (Phi) is 8.44. The summed E-state index contributed by atoms with van der Waals surface area (Å²) < 4.78 is 11.7. The summed E-state index contributed by atoms with van der Waals surface area (Å²) in [4.78, 5) is 59.7. The molecule has 234 valence electrons. The van der Waals surface area contributed by atoms with E-state index in [2.05, 4.69) is 5.32 Å². The van der Waals surface area contributed by atoms with Crippen molar-refractivity contribution in [2.45, 2.75) is 70.1 Å². The Hall–Kier alpha value is -4.53. The lowest BCUT2D eigenvalue weighted by atomic mass is 10.00. The van der Waals surface area contributed by atoms with E-state index in [4.69, 9.17) is 14.5 Å². The second-order valence-corrected chi connectivity index (χ2v) is 12.6. The Morgan fingerprint density at radius 2 is 1.87 bits per heavy atom. The number of hydrogen-bond donors (Lipinski definition) is 1. The summed E-state index contributed by atoms with van der Waals surface area (Å²) in [6, 6.07) is 16.9. The number of Topliss-reactive ketones (excluding diaryl/α,β-unsaturated/α-hetero) is 1. The molecule has 2 aliphatic heterocycles. The number of fused-ring (bicyclic) bond motifs is 3. The van der Waals surface area contributed by atoms with Crippen molar-refractivity contribution in [3.05, 3.63) is 72.3 Å². The Morgan fingerprint density at radius 1 is 1.07 bits per heavy atom. The summed E-state index contributed by atoms with van der Waals surface area (Å²) in [5.41, 5.74) is 2.38. The maximum atomic E-state index is 13.9. The van der Waals surface area contributed by atoms with E-state index in [1.54, 1.807) is 11.8 Å². The predicted molar refractivity (Wildman–Crippen MR) is 169 cm³/mol. The first-order valence-electron chi connectivity index (χ1n) is 15.7. The number of pyridine rings is 1. The second-order valence-electron chi connectivity index (χ2n) is 12.6. The minimum absolute atomic E-state index is 0.0894. The molecule has 1 saturated heterocycles. The van der Waals surface area contributed by atoms with Crippen LogP contribution in [0.2, 0.25) is 0 Å². The third kappa shape index (κ3) is 6.21. The number of carbonyl (C=O) groups excluding carboxylic acids is 4. The smallest absolute Gasteiger partial charge is 0.332 e. The molecule has 2 amide bonds. The van der Waals surface area contributed by atoms with Gasteiger partial charge in [0.1, 0.15) is 29.2 Å². The average Bonchev–Trinajstić information content (AvgIpc) is 3.57. The number of carbonyl (C=O) groups is 4. The molecule has 1 N–H and O–H groups in total. The van der Waals surface area contributed by atoms with Crippen LogP contribution in [0, 0.1) is 18.8 Å². The van der Waals surface area contributed by atoms with E-state index in [-0.39, 0.29) is 30.6 Å². The molecule has 1 aromatic heterocycles. The first-order valence-corrected chi connectivity index (χ1v) is 15.7. The third-order valence-corrected chi connectivity index (χ3v) is 9.29. The molecule has 45 heavy (non-hydrogen) atoms. The number of amides is 2. The van der Waals surface area contributed by atoms with Crippen molar-refractivity contribution in [3.8, 4) is 17.0 Å². The van der Waals surface area contributed by atoms with Crippen LogP contribution in [0.4, 0.5) is 0 Å². The summed E-state index contributed by atoms with van der Waals surface area (Å²) in [5.74, 6) is -1.12. The normalized spacial score (nSPS) is 27.9. The summed E-state index contributed by atoms with van der Waals surface area (Å²) in [7, 11) is 1.30. The Labute approximate surface area is 263 Å². The lowest BCUT2D eigenvalue weighted by Crippen LogP contribution is -2.53. The Morgan fingerprint density at radius 3 is 2.64 bits per heavy atom. The molecule has 0 spiro atoms. The number of aryl methyl sites for hydroxylation is 1. The number of rotatable bonds is 4. The number of nitrogens with one attached hydrogen (secondary N) is 1. The van der Waals surface area contributed by atoms with Crippen LogP contribution in [0.15, 0.2) is 66.7 Å². The van der Waals surface area contributed by atoms with E-state index in [0.29, 0.717) is 37.9 Å². The fourth-order valence-electron chi connectivity index (χ4n) is 6.56. The lowest BCUT2D eigenvalue weighted by Gasteiger charge is -2.28. The largest absolute Gasteiger partial charge is 0.488 e. The van der Waals surface area contributed by atoms with Gasteiger partial charge in [0, 0.05) is 48.1 Å². The fourth-order valence-corrected chi connectivity index (χ4v) is 6.56. The van der Waals surface area contributed by atoms with Gasteiger partial charge in [0.25, 0.3) is 0 Å².